The van der Waals surface area contributed by atoms with Gasteiger partial charge in [0.25, 0.3) is 5.56 Å². The largest absolute Gasteiger partial charge is 0.759 e. The van der Waals surface area contributed by atoms with Crippen LogP contribution in [-0.2, 0) is 27.3 Å². The van der Waals surface area contributed by atoms with Gasteiger partial charge in [0.1, 0.15) is 0 Å². The van der Waals surface area contributed by atoms with Crippen molar-refractivity contribution in [1.29, 1.82) is 0 Å². The van der Waals surface area contributed by atoms with E-state index in [-0.39, 0.29) is 12.0 Å². The predicted octanol–water partition coefficient (Wildman–Crippen LogP) is 2.04. The van der Waals surface area contributed by atoms with Gasteiger partial charge >= 0.3 is 5.97 Å². The summed E-state index contributed by atoms with van der Waals surface area (Å²) in [4.78, 5) is 25.6. The first-order valence-corrected chi connectivity index (χ1v) is 13.6. The molecule has 1 aliphatic heterocycles. The number of fused-ring (bicyclic) bond motifs is 1. The van der Waals surface area contributed by atoms with Crippen molar-refractivity contribution in [3.05, 3.63) is 76.1 Å². The second-order valence-electron chi connectivity index (χ2n) is 9.29. The quantitative estimate of drug-likeness (QED) is 0.317. The van der Waals surface area contributed by atoms with Crippen molar-refractivity contribution in [3.8, 4) is 11.8 Å². The lowest BCUT2D eigenvalue weighted by Gasteiger charge is -2.44. The molecule has 11 heteroatoms. The third-order valence-electron chi connectivity index (χ3n) is 6.63. The minimum absolute atomic E-state index is 0.0788. The van der Waals surface area contributed by atoms with Gasteiger partial charge in [0.15, 0.2) is 0 Å². The Morgan fingerprint density at radius 1 is 1.08 bits per heavy atom. The summed E-state index contributed by atoms with van der Waals surface area (Å²) in [6.07, 6.45) is -0.261. The molecule has 2 atom stereocenters. The number of carboxylic acids is 1. The molecule has 206 valence electrons. The summed E-state index contributed by atoms with van der Waals surface area (Å²) in [7, 11) is 1.61. The molecule has 3 aromatic rings. The molecule has 1 N–H and O–H groups in total. The third-order valence-corrected chi connectivity index (χ3v) is 7.53. The number of hydrogen-bond acceptors (Lipinski definition) is 7. The van der Waals surface area contributed by atoms with Crippen LogP contribution in [0.5, 0.6) is 0 Å². The molecule has 2 heterocycles. The summed E-state index contributed by atoms with van der Waals surface area (Å²) in [5.41, 5.74) is 3.39. The lowest BCUT2D eigenvalue weighted by molar-refractivity contribution is -0.139. The maximum atomic E-state index is 12.4. The van der Waals surface area contributed by atoms with Crippen LogP contribution in [0.2, 0.25) is 0 Å². The zero-order valence-electron chi connectivity index (χ0n) is 21.9. The van der Waals surface area contributed by atoms with E-state index >= 15 is 0 Å². The fourth-order valence-corrected chi connectivity index (χ4v) is 5.40. The number of ether oxygens (including phenoxy) is 1. The maximum Gasteiger partial charge on any atom is 0.305 e. The molecule has 0 amide bonds. The standard InChI is InChI=1S/C28H32N4O6S/c1-21(19-28(34)35)32(39(36)37)30-15-13-29(14-16-30)25-10-6-22(7-11-25)3-4-23-5-8-24-9-12-27(33)31(17-18-38-2)26(24)20-23/h5-12,20-21H,13-19H2,1-2H3,(H,34,35)(H,36,37)/p-1. The molecule has 0 radical (unpaired) electrons. The van der Waals surface area contributed by atoms with Crippen LogP contribution in [0.15, 0.2) is 59.4 Å². The number of carboxylic acid groups (broad SMARTS) is 1. The van der Waals surface area contributed by atoms with E-state index < -0.39 is 23.3 Å². The fraction of sp³-hybridized carbons (Fsp3) is 0.357. The van der Waals surface area contributed by atoms with Gasteiger partial charge in [-0.2, -0.15) is 4.41 Å². The van der Waals surface area contributed by atoms with Crippen LogP contribution in [0, 0.1) is 11.8 Å². The van der Waals surface area contributed by atoms with E-state index in [0.29, 0.717) is 39.3 Å². The number of rotatable bonds is 9. The summed E-state index contributed by atoms with van der Waals surface area (Å²) >= 11 is -2.55. The average molecular weight is 552 g/mol. The third kappa shape index (κ3) is 7.11. The van der Waals surface area contributed by atoms with E-state index in [1.807, 2.05) is 48.5 Å². The van der Waals surface area contributed by atoms with Crippen LogP contribution < -0.4 is 10.5 Å². The van der Waals surface area contributed by atoms with E-state index in [0.717, 1.165) is 32.1 Å². The molecule has 2 unspecified atom stereocenters. The minimum Gasteiger partial charge on any atom is -0.759 e. The van der Waals surface area contributed by atoms with Gasteiger partial charge in [0.05, 0.1) is 18.5 Å². The predicted molar refractivity (Wildman–Crippen MR) is 149 cm³/mol. The molecular weight excluding hydrogens is 520 g/mol. The zero-order valence-corrected chi connectivity index (χ0v) is 22.7. The Kier molecular flexibility index (Phi) is 9.50. The lowest BCUT2D eigenvalue weighted by atomic mass is 10.1. The van der Waals surface area contributed by atoms with Crippen LogP contribution in [0.3, 0.4) is 0 Å². The molecule has 10 nitrogen and oxygen atoms in total. The number of hydrazine groups is 1. The summed E-state index contributed by atoms with van der Waals surface area (Å²) in [5, 5.41) is 11.7. The van der Waals surface area contributed by atoms with Crippen LogP contribution >= 0.6 is 0 Å². The lowest BCUT2D eigenvalue weighted by Crippen LogP contribution is -2.57. The van der Waals surface area contributed by atoms with Gasteiger partial charge in [0, 0.05) is 80.0 Å². The van der Waals surface area contributed by atoms with Gasteiger partial charge < -0.3 is 23.9 Å². The highest BCUT2D eigenvalue weighted by molar-refractivity contribution is 7.76. The highest BCUT2D eigenvalue weighted by atomic mass is 32.2. The molecular formula is C28H31N4O6S-. The van der Waals surface area contributed by atoms with E-state index in [1.54, 1.807) is 29.7 Å². The second kappa shape index (κ2) is 13.0. The number of pyridine rings is 1. The topological polar surface area (TPSA) is 118 Å². The maximum absolute atomic E-state index is 12.4. The molecule has 1 aromatic heterocycles. The monoisotopic (exact) mass is 551 g/mol. The van der Waals surface area contributed by atoms with Crippen LogP contribution in [-0.4, -0.2) is 79.8 Å². The summed E-state index contributed by atoms with van der Waals surface area (Å²) < 4.78 is 31.5. The van der Waals surface area contributed by atoms with Crippen LogP contribution in [0.1, 0.15) is 24.5 Å². The normalized spacial score (nSPS) is 15.6. The van der Waals surface area contributed by atoms with Crippen molar-refractivity contribution in [2.75, 3.05) is 44.8 Å². The second-order valence-corrected chi connectivity index (χ2v) is 10.1. The van der Waals surface area contributed by atoms with E-state index in [4.69, 9.17) is 9.84 Å². The van der Waals surface area contributed by atoms with Gasteiger partial charge in [-0.25, -0.2) is 5.01 Å². The van der Waals surface area contributed by atoms with E-state index in [2.05, 4.69) is 16.7 Å². The molecule has 1 saturated heterocycles. The van der Waals surface area contributed by atoms with Gasteiger partial charge in [-0.05, 0) is 54.8 Å². The fourth-order valence-electron chi connectivity index (χ4n) is 4.68. The Balaban J connectivity index is 1.42. The number of anilines is 1. The SMILES string of the molecule is COCCn1c(=O)ccc2ccc(C#Cc3ccc(N4CCN(N(C(C)CC(=O)O)S(=O)[O-])CC4)cc3)cc21. The number of hydrogen-bond donors (Lipinski definition) is 1. The number of methoxy groups -OCH3 is 1. The van der Waals surface area contributed by atoms with Crippen LogP contribution in [0.25, 0.3) is 10.9 Å². The first-order chi connectivity index (χ1) is 18.8. The van der Waals surface area contributed by atoms with Crippen molar-refractivity contribution >= 4 is 33.8 Å². The molecule has 0 aliphatic carbocycles. The zero-order chi connectivity index (χ0) is 27.9. The van der Waals surface area contributed by atoms with Crippen molar-refractivity contribution in [1.82, 2.24) is 14.0 Å². The molecule has 0 saturated carbocycles. The van der Waals surface area contributed by atoms with Crippen molar-refractivity contribution < 1.29 is 23.4 Å². The number of aromatic nitrogens is 1. The van der Waals surface area contributed by atoms with Crippen LogP contribution in [0.4, 0.5) is 5.69 Å². The Morgan fingerprint density at radius 2 is 1.72 bits per heavy atom. The van der Waals surface area contributed by atoms with Crippen molar-refractivity contribution in [2.45, 2.75) is 25.9 Å². The Labute approximate surface area is 229 Å². The number of benzene rings is 2. The molecule has 2 aromatic carbocycles. The van der Waals surface area contributed by atoms with E-state index in [1.165, 1.54) is 0 Å². The molecule has 1 fully saturated rings. The summed E-state index contributed by atoms with van der Waals surface area (Å²) in [6.45, 7) is 4.60. The van der Waals surface area contributed by atoms with E-state index in [9.17, 15) is 18.4 Å². The number of aliphatic carboxylic acids is 1. The van der Waals surface area contributed by atoms with Gasteiger partial charge in [-0.3, -0.25) is 13.8 Å². The Bertz CT molecular complexity index is 1450. The van der Waals surface area contributed by atoms with Crippen molar-refractivity contribution in [2.24, 2.45) is 0 Å². The van der Waals surface area contributed by atoms with Gasteiger partial charge in [-0.15, -0.1) is 0 Å². The number of carbonyl (C=O) groups is 1. The first-order valence-electron chi connectivity index (χ1n) is 12.6. The summed E-state index contributed by atoms with van der Waals surface area (Å²) in [5.74, 6) is 5.33. The Hall–Kier alpha value is -3.53. The molecule has 4 rings (SSSR count). The first kappa shape index (κ1) is 28.5. The van der Waals surface area contributed by atoms with Crippen molar-refractivity contribution in [3.63, 3.8) is 0 Å². The average Bonchev–Trinajstić information content (AvgIpc) is 2.91. The number of nitrogens with zero attached hydrogens (tertiary/aromatic N) is 4. The number of piperazine rings is 1. The molecule has 0 spiro atoms. The molecule has 0 bridgehead atoms. The Morgan fingerprint density at radius 3 is 2.36 bits per heavy atom. The van der Waals surface area contributed by atoms with Gasteiger partial charge in [0.2, 0.25) is 0 Å². The molecule has 39 heavy (non-hydrogen) atoms. The highest BCUT2D eigenvalue weighted by Crippen LogP contribution is 2.20. The van der Waals surface area contributed by atoms with Gasteiger partial charge in [-0.1, -0.05) is 17.9 Å². The highest BCUT2D eigenvalue weighted by Gasteiger charge is 2.28. The smallest absolute Gasteiger partial charge is 0.305 e. The molecule has 1 aliphatic rings. The minimum atomic E-state index is -2.55. The summed E-state index contributed by atoms with van der Waals surface area (Å²) in [6, 6.07) is 16.4.